The van der Waals surface area contributed by atoms with Gasteiger partial charge in [0.25, 0.3) is 0 Å². The molecular weight excluding hydrogens is 174 g/mol. The van der Waals surface area contributed by atoms with E-state index >= 15 is 0 Å². The fraction of sp³-hybridized carbons (Fsp3) is 0.500. The molecule has 2 heteroatoms. The molecule has 76 valence electrons. The van der Waals surface area contributed by atoms with E-state index in [4.69, 9.17) is 5.11 Å². The largest absolute Gasteiger partial charge is 0.395 e. The van der Waals surface area contributed by atoms with E-state index in [1.807, 2.05) is 0 Å². The number of rotatable bonds is 5. The minimum atomic E-state index is 0.211. The lowest BCUT2D eigenvalue weighted by atomic mass is 10.1. The molecule has 2 nitrogen and oxygen atoms in total. The van der Waals surface area contributed by atoms with Gasteiger partial charge in [-0.2, -0.15) is 0 Å². The molecule has 0 heterocycles. The SMILES string of the molecule is OCCNCc1cccc(C2CC2)c1. The number of nitrogens with one attached hydrogen (secondary N) is 1. The molecule has 2 rings (SSSR count). The summed E-state index contributed by atoms with van der Waals surface area (Å²) in [6.07, 6.45) is 2.71. The monoisotopic (exact) mass is 191 g/mol. The van der Waals surface area contributed by atoms with Gasteiger partial charge in [0, 0.05) is 13.1 Å². The zero-order valence-corrected chi connectivity index (χ0v) is 8.37. The van der Waals surface area contributed by atoms with Gasteiger partial charge in [0.2, 0.25) is 0 Å². The minimum absolute atomic E-state index is 0.211. The second kappa shape index (κ2) is 4.58. The van der Waals surface area contributed by atoms with Gasteiger partial charge in [-0.1, -0.05) is 24.3 Å². The molecule has 1 fully saturated rings. The third-order valence-corrected chi connectivity index (χ3v) is 2.62. The second-order valence-electron chi connectivity index (χ2n) is 3.92. The maximum atomic E-state index is 8.63. The van der Waals surface area contributed by atoms with Crippen molar-refractivity contribution in [3.8, 4) is 0 Å². The summed E-state index contributed by atoms with van der Waals surface area (Å²) in [6.45, 7) is 1.75. The van der Waals surface area contributed by atoms with E-state index in [0.717, 1.165) is 12.5 Å². The Morgan fingerprint density at radius 3 is 2.93 bits per heavy atom. The highest BCUT2D eigenvalue weighted by Crippen LogP contribution is 2.40. The number of aliphatic hydroxyl groups excluding tert-OH is 1. The van der Waals surface area contributed by atoms with E-state index in [-0.39, 0.29) is 6.61 Å². The van der Waals surface area contributed by atoms with Crippen LogP contribution in [0.1, 0.15) is 29.9 Å². The molecule has 1 aromatic carbocycles. The first-order valence-electron chi connectivity index (χ1n) is 5.30. The molecule has 1 aromatic rings. The molecular formula is C12H17NO. The third kappa shape index (κ3) is 2.56. The van der Waals surface area contributed by atoms with Crippen molar-refractivity contribution < 1.29 is 5.11 Å². The van der Waals surface area contributed by atoms with Crippen LogP contribution >= 0.6 is 0 Å². The molecule has 2 N–H and O–H groups in total. The molecule has 0 amide bonds. The zero-order valence-electron chi connectivity index (χ0n) is 8.37. The van der Waals surface area contributed by atoms with Crippen LogP contribution in [0.5, 0.6) is 0 Å². The summed E-state index contributed by atoms with van der Waals surface area (Å²) in [5, 5.41) is 11.8. The summed E-state index contributed by atoms with van der Waals surface area (Å²) in [5.41, 5.74) is 2.80. The maximum Gasteiger partial charge on any atom is 0.0556 e. The third-order valence-electron chi connectivity index (χ3n) is 2.62. The fourth-order valence-corrected chi connectivity index (χ4v) is 1.69. The number of hydrogen-bond donors (Lipinski definition) is 2. The lowest BCUT2D eigenvalue weighted by molar-refractivity contribution is 0.292. The summed E-state index contributed by atoms with van der Waals surface area (Å²) in [5.74, 6) is 0.827. The van der Waals surface area contributed by atoms with Crippen LogP contribution in [-0.2, 0) is 6.54 Å². The molecule has 1 aliphatic carbocycles. The zero-order chi connectivity index (χ0) is 9.80. The number of benzene rings is 1. The maximum absolute atomic E-state index is 8.63. The van der Waals surface area contributed by atoms with E-state index in [1.165, 1.54) is 24.0 Å². The summed E-state index contributed by atoms with van der Waals surface area (Å²) < 4.78 is 0. The van der Waals surface area contributed by atoms with Gasteiger partial charge >= 0.3 is 0 Å². The first kappa shape index (κ1) is 9.69. The van der Waals surface area contributed by atoms with Gasteiger partial charge in [-0.15, -0.1) is 0 Å². The predicted octanol–water partition coefficient (Wildman–Crippen LogP) is 1.65. The predicted molar refractivity (Wildman–Crippen MR) is 57.2 cm³/mol. The van der Waals surface area contributed by atoms with Crippen LogP contribution < -0.4 is 5.32 Å². The van der Waals surface area contributed by atoms with Gasteiger partial charge in [-0.25, -0.2) is 0 Å². The fourth-order valence-electron chi connectivity index (χ4n) is 1.69. The van der Waals surface area contributed by atoms with Crippen LogP contribution in [0.4, 0.5) is 0 Å². The molecule has 0 bridgehead atoms. The molecule has 0 radical (unpaired) electrons. The van der Waals surface area contributed by atoms with Crippen LogP contribution in [0.3, 0.4) is 0 Å². The van der Waals surface area contributed by atoms with Gasteiger partial charge in [0.1, 0.15) is 0 Å². The Bertz CT molecular complexity index is 294. The molecule has 0 saturated heterocycles. The van der Waals surface area contributed by atoms with Gasteiger partial charge in [0.15, 0.2) is 0 Å². The standard InChI is InChI=1S/C12H17NO/c14-7-6-13-9-10-2-1-3-12(8-10)11-4-5-11/h1-3,8,11,13-14H,4-7,9H2. The lowest BCUT2D eigenvalue weighted by Crippen LogP contribution is -2.17. The molecule has 0 aromatic heterocycles. The first-order valence-corrected chi connectivity index (χ1v) is 5.30. The van der Waals surface area contributed by atoms with Crippen molar-refractivity contribution in [2.75, 3.05) is 13.2 Å². The van der Waals surface area contributed by atoms with E-state index in [0.29, 0.717) is 6.54 Å². The Labute approximate surface area is 85.0 Å². The van der Waals surface area contributed by atoms with Gasteiger partial charge in [0.05, 0.1) is 6.61 Å². The quantitative estimate of drug-likeness (QED) is 0.694. The summed E-state index contributed by atoms with van der Waals surface area (Å²) >= 11 is 0. The molecule has 14 heavy (non-hydrogen) atoms. The van der Waals surface area contributed by atoms with Crippen LogP contribution in [0.15, 0.2) is 24.3 Å². The normalized spacial score (nSPS) is 15.8. The van der Waals surface area contributed by atoms with Crippen molar-refractivity contribution in [2.24, 2.45) is 0 Å². The van der Waals surface area contributed by atoms with Gasteiger partial charge in [-0.3, -0.25) is 0 Å². The Hall–Kier alpha value is -0.860. The highest BCUT2D eigenvalue weighted by atomic mass is 16.3. The van der Waals surface area contributed by atoms with E-state index in [1.54, 1.807) is 0 Å². The van der Waals surface area contributed by atoms with Crippen LogP contribution in [0.25, 0.3) is 0 Å². The van der Waals surface area contributed by atoms with Gasteiger partial charge in [-0.05, 0) is 29.9 Å². The summed E-state index contributed by atoms with van der Waals surface area (Å²) in [6, 6.07) is 8.76. The van der Waals surface area contributed by atoms with Crippen LogP contribution in [0.2, 0.25) is 0 Å². The van der Waals surface area contributed by atoms with E-state index in [2.05, 4.69) is 29.6 Å². The summed E-state index contributed by atoms with van der Waals surface area (Å²) in [4.78, 5) is 0. The first-order chi connectivity index (χ1) is 6.90. The summed E-state index contributed by atoms with van der Waals surface area (Å²) in [7, 11) is 0. The van der Waals surface area contributed by atoms with Crippen molar-refractivity contribution in [3.05, 3.63) is 35.4 Å². The highest BCUT2D eigenvalue weighted by molar-refractivity contribution is 5.28. The molecule has 1 aliphatic rings. The van der Waals surface area contributed by atoms with Crippen LogP contribution in [-0.4, -0.2) is 18.3 Å². The molecule has 0 spiro atoms. The van der Waals surface area contributed by atoms with Crippen molar-refractivity contribution in [1.82, 2.24) is 5.32 Å². The molecule has 1 saturated carbocycles. The van der Waals surface area contributed by atoms with Crippen LogP contribution in [0, 0.1) is 0 Å². The Morgan fingerprint density at radius 2 is 2.21 bits per heavy atom. The van der Waals surface area contributed by atoms with E-state index in [9.17, 15) is 0 Å². The highest BCUT2D eigenvalue weighted by Gasteiger charge is 2.23. The van der Waals surface area contributed by atoms with Crippen molar-refractivity contribution in [2.45, 2.75) is 25.3 Å². The van der Waals surface area contributed by atoms with E-state index < -0.39 is 0 Å². The topological polar surface area (TPSA) is 32.3 Å². The molecule has 0 unspecified atom stereocenters. The Morgan fingerprint density at radius 1 is 1.36 bits per heavy atom. The van der Waals surface area contributed by atoms with Gasteiger partial charge < -0.3 is 10.4 Å². The second-order valence-corrected chi connectivity index (χ2v) is 3.92. The number of aliphatic hydroxyl groups is 1. The average molecular weight is 191 g/mol. The smallest absolute Gasteiger partial charge is 0.0556 e. The van der Waals surface area contributed by atoms with Crippen molar-refractivity contribution in [1.29, 1.82) is 0 Å². The average Bonchev–Trinajstić information content (AvgIpc) is 3.02. The number of hydrogen-bond acceptors (Lipinski definition) is 2. The minimum Gasteiger partial charge on any atom is -0.395 e. The van der Waals surface area contributed by atoms with Crippen molar-refractivity contribution in [3.63, 3.8) is 0 Å². The Balaban J connectivity index is 1.92. The molecule has 0 atom stereocenters. The lowest BCUT2D eigenvalue weighted by Gasteiger charge is -2.05. The van der Waals surface area contributed by atoms with Crippen molar-refractivity contribution >= 4 is 0 Å². The Kier molecular flexibility index (Phi) is 3.17. The molecule has 0 aliphatic heterocycles.